The van der Waals surface area contributed by atoms with Crippen LogP contribution in [0.5, 0.6) is 5.75 Å². The van der Waals surface area contributed by atoms with E-state index in [1.165, 1.54) is 0 Å². The van der Waals surface area contributed by atoms with Gasteiger partial charge >= 0.3 is 6.09 Å². The van der Waals surface area contributed by atoms with E-state index in [1.54, 1.807) is 31.4 Å². The molecule has 1 amide bonds. The van der Waals surface area contributed by atoms with Crippen LogP contribution in [0.1, 0.15) is 20.8 Å². The average Bonchev–Trinajstić information content (AvgIpc) is 2.27. The maximum atomic E-state index is 11.4. The number of hydrogen-bond donors (Lipinski definition) is 1. The molecule has 1 aromatic carbocycles. The molecular weight excluding hydrogens is 218 g/mol. The van der Waals surface area contributed by atoms with Gasteiger partial charge in [0.2, 0.25) is 0 Å². The Morgan fingerprint density at radius 2 is 1.82 bits per heavy atom. The highest BCUT2D eigenvalue weighted by Crippen LogP contribution is 2.16. The van der Waals surface area contributed by atoms with E-state index in [-0.39, 0.29) is 5.41 Å². The number of rotatable bonds is 3. The highest BCUT2D eigenvalue weighted by molar-refractivity contribution is 5.84. The second-order valence-corrected chi connectivity index (χ2v) is 4.99. The minimum absolute atomic E-state index is 0.0305. The molecule has 0 aromatic heterocycles. The fourth-order valence-electron chi connectivity index (χ4n) is 1.11. The second kappa shape index (κ2) is 5.57. The number of amides is 1. The first-order valence-corrected chi connectivity index (χ1v) is 5.48. The van der Waals surface area contributed by atoms with Gasteiger partial charge in [0.05, 0.1) is 13.7 Å². The number of ether oxygens (including phenoxy) is 2. The summed E-state index contributed by atoms with van der Waals surface area (Å²) < 4.78 is 10.1. The molecule has 1 N–H and O–H groups in total. The number of carbonyl (C=O) groups excluding carboxylic acids is 1. The highest BCUT2D eigenvalue weighted by atomic mass is 16.5. The predicted octanol–water partition coefficient (Wildman–Crippen LogP) is 3.29. The van der Waals surface area contributed by atoms with E-state index in [9.17, 15) is 4.79 Å². The normalized spacial score (nSPS) is 10.8. The van der Waals surface area contributed by atoms with Crippen LogP contribution in [0.25, 0.3) is 0 Å². The van der Waals surface area contributed by atoms with Crippen molar-refractivity contribution in [3.05, 3.63) is 24.3 Å². The molecule has 0 bridgehead atoms. The van der Waals surface area contributed by atoms with Crippen molar-refractivity contribution in [1.29, 1.82) is 0 Å². The third-order valence-corrected chi connectivity index (χ3v) is 1.97. The monoisotopic (exact) mass is 237 g/mol. The first kappa shape index (κ1) is 13.4. The number of hydrogen-bond acceptors (Lipinski definition) is 3. The summed E-state index contributed by atoms with van der Waals surface area (Å²) in [4.78, 5) is 11.4. The van der Waals surface area contributed by atoms with Gasteiger partial charge < -0.3 is 9.47 Å². The molecule has 0 unspecified atom stereocenters. The molecule has 1 aromatic rings. The quantitative estimate of drug-likeness (QED) is 0.877. The number of benzene rings is 1. The zero-order valence-corrected chi connectivity index (χ0v) is 10.7. The van der Waals surface area contributed by atoms with Crippen molar-refractivity contribution < 1.29 is 14.3 Å². The third-order valence-electron chi connectivity index (χ3n) is 1.97. The number of carbonyl (C=O) groups is 1. The van der Waals surface area contributed by atoms with Crippen LogP contribution in [0.2, 0.25) is 0 Å². The van der Waals surface area contributed by atoms with Gasteiger partial charge in [-0.1, -0.05) is 20.8 Å². The van der Waals surface area contributed by atoms with Crippen molar-refractivity contribution in [2.75, 3.05) is 19.0 Å². The summed E-state index contributed by atoms with van der Waals surface area (Å²) >= 11 is 0. The predicted molar refractivity (Wildman–Crippen MR) is 67.4 cm³/mol. The molecule has 0 atom stereocenters. The van der Waals surface area contributed by atoms with E-state index in [1.807, 2.05) is 20.8 Å². The van der Waals surface area contributed by atoms with Crippen LogP contribution in [0.3, 0.4) is 0 Å². The lowest BCUT2D eigenvalue weighted by Crippen LogP contribution is -2.21. The van der Waals surface area contributed by atoms with Crippen LogP contribution >= 0.6 is 0 Å². The molecule has 0 aliphatic rings. The first-order chi connectivity index (χ1) is 7.90. The van der Waals surface area contributed by atoms with Gasteiger partial charge in [0.25, 0.3) is 0 Å². The molecule has 0 radical (unpaired) electrons. The Hall–Kier alpha value is -1.71. The van der Waals surface area contributed by atoms with E-state index < -0.39 is 6.09 Å². The molecule has 0 saturated heterocycles. The molecule has 1 rings (SSSR count). The van der Waals surface area contributed by atoms with E-state index >= 15 is 0 Å². The van der Waals surface area contributed by atoms with E-state index in [0.717, 1.165) is 5.75 Å². The molecule has 17 heavy (non-hydrogen) atoms. The van der Waals surface area contributed by atoms with Crippen molar-refractivity contribution in [2.24, 2.45) is 5.41 Å². The summed E-state index contributed by atoms with van der Waals surface area (Å²) in [6.07, 6.45) is -0.440. The summed E-state index contributed by atoms with van der Waals surface area (Å²) in [5, 5.41) is 2.65. The van der Waals surface area contributed by atoms with E-state index in [4.69, 9.17) is 9.47 Å². The molecule has 0 fully saturated rings. The van der Waals surface area contributed by atoms with Gasteiger partial charge in [-0.25, -0.2) is 4.79 Å². The standard InChI is InChI=1S/C13H19NO3/c1-13(2,3)9-17-12(15)14-10-5-7-11(16-4)8-6-10/h5-8H,9H2,1-4H3,(H,14,15). The smallest absolute Gasteiger partial charge is 0.411 e. The fourth-order valence-corrected chi connectivity index (χ4v) is 1.11. The van der Waals surface area contributed by atoms with Crippen molar-refractivity contribution in [2.45, 2.75) is 20.8 Å². The van der Waals surface area contributed by atoms with Crippen molar-refractivity contribution >= 4 is 11.8 Å². The molecule has 0 aliphatic heterocycles. The summed E-state index contributed by atoms with van der Waals surface area (Å²) in [6, 6.07) is 7.08. The van der Waals surface area contributed by atoms with Crippen molar-refractivity contribution in [1.82, 2.24) is 0 Å². The largest absolute Gasteiger partial charge is 0.497 e. The summed E-state index contributed by atoms with van der Waals surface area (Å²) in [5.41, 5.74) is 0.654. The average molecular weight is 237 g/mol. The highest BCUT2D eigenvalue weighted by Gasteiger charge is 2.13. The lowest BCUT2D eigenvalue weighted by molar-refractivity contribution is 0.118. The van der Waals surface area contributed by atoms with E-state index in [0.29, 0.717) is 12.3 Å². The Morgan fingerprint density at radius 3 is 2.29 bits per heavy atom. The van der Waals surface area contributed by atoms with Gasteiger partial charge in [-0.15, -0.1) is 0 Å². The number of anilines is 1. The second-order valence-electron chi connectivity index (χ2n) is 4.99. The van der Waals surface area contributed by atoms with Crippen LogP contribution in [0.15, 0.2) is 24.3 Å². The van der Waals surface area contributed by atoms with Gasteiger partial charge in [0.15, 0.2) is 0 Å². The minimum atomic E-state index is -0.440. The zero-order valence-electron chi connectivity index (χ0n) is 10.7. The van der Waals surface area contributed by atoms with Gasteiger partial charge in [-0.3, -0.25) is 5.32 Å². The zero-order chi connectivity index (χ0) is 12.9. The Labute approximate surface area is 102 Å². The van der Waals surface area contributed by atoms with E-state index in [2.05, 4.69) is 5.32 Å². The topological polar surface area (TPSA) is 47.6 Å². The van der Waals surface area contributed by atoms with Gasteiger partial charge in [0, 0.05) is 5.69 Å². The van der Waals surface area contributed by atoms with Crippen LogP contribution in [0, 0.1) is 5.41 Å². The van der Waals surface area contributed by atoms with Crippen LogP contribution in [0.4, 0.5) is 10.5 Å². The maximum Gasteiger partial charge on any atom is 0.411 e. The van der Waals surface area contributed by atoms with Crippen molar-refractivity contribution in [3.63, 3.8) is 0 Å². The Balaban J connectivity index is 2.45. The summed E-state index contributed by atoms with van der Waals surface area (Å²) in [5.74, 6) is 0.749. The first-order valence-electron chi connectivity index (χ1n) is 5.48. The molecule has 0 aliphatic carbocycles. The molecule has 0 spiro atoms. The molecule has 4 nitrogen and oxygen atoms in total. The van der Waals surface area contributed by atoms with Gasteiger partial charge in [-0.05, 0) is 29.7 Å². The number of nitrogens with one attached hydrogen (secondary N) is 1. The summed E-state index contributed by atoms with van der Waals surface area (Å²) in [7, 11) is 1.60. The molecule has 4 heteroatoms. The molecule has 0 saturated carbocycles. The fraction of sp³-hybridized carbons (Fsp3) is 0.462. The van der Waals surface area contributed by atoms with Crippen LogP contribution in [-0.4, -0.2) is 19.8 Å². The Kier molecular flexibility index (Phi) is 4.37. The lowest BCUT2D eigenvalue weighted by atomic mass is 9.99. The SMILES string of the molecule is COc1ccc(NC(=O)OCC(C)(C)C)cc1. The summed E-state index contributed by atoms with van der Waals surface area (Å²) in [6.45, 7) is 6.41. The Bertz CT molecular complexity index is 365. The molecule has 94 valence electrons. The van der Waals surface area contributed by atoms with Gasteiger partial charge in [0.1, 0.15) is 5.75 Å². The Morgan fingerprint density at radius 1 is 1.24 bits per heavy atom. The maximum absolute atomic E-state index is 11.4. The van der Waals surface area contributed by atoms with Gasteiger partial charge in [-0.2, -0.15) is 0 Å². The third kappa shape index (κ3) is 5.24. The number of methoxy groups -OCH3 is 1. The van der Waals surface area contributed by atoms with Crippen LogP contribution in [-0.2, 0) is 4.74 Å². The minimum Gasteiger partial charge on any atom is -0.497 e. The van der Waals surface area contributed by atoms with Crippen molar-refractivity contribution in [3.8, 4) is 5.75 Å². The van der Waals surface area contributed by atoms with Crippen LogP contribution < -0.4 is 10.1 Å². The lowest BCUT2D eigenvalue weighted by Gasteiger charge is -2.18. The molecule has 0 heterocycles. The molecular formula is C13H19NO3.